The molecule has 0 heterocycles. The summed E-state index contributed by atoms with van der Waals surface area (Å²) in [4.78, 5) is 13.8. The summed E-state index contributed by atoms with van der Waals surface area (Å²) >= 11 is 0. The number of hydrogen-bond donors (Lipinski definition) is 0. The predicted octanol–water partition coefficient (Wildman–Crippen LogP) is 11.5. The molecule has 0 aromatic heterocycles. The molecule has 2 spiro atoms. The van der Waals surface area contributed by atoms with Crippen molar-refractivity contribution in [3.05, 3.63) is 0 Å². The summed E-state index contributed by atoms with van der Waals surface area (Å²) < 4.78 is 0. The van der Waals surface area contributed by atoms with E-state index in [0.717, 1.165) is 41.3 Å². The molecule has 218 valence electrons. The summed E-state index contributed by atoms with van der Waals surface area (Å²) in [6.07, 6.45) is 36.7. The molecule has 0 radical (unpaired) electrons. The standard InChI is InChI=1S/C37H64O/c1-3-5-6-7-8-9-11-30-14-18-32(19-15-30)34-22-26-37(27-23-34)28-36(35(37)38)24-20-33(21-25-36)31-16-12-29(10-4-2)13-17-31/h29-34H,3-28H2,1-2H3/t29?,30?,31?,32?,33?,34-,36-,37-. The van der Waals surface area contributed by atoms with Crippen molar-refractivity contribution < 1.29 is 4.79 Å². The van der Waals surface area contributed by atoms with Crippen molar-refractivity contribution in [2.24, 2.45) is 46.3 Å². The van der Waals surface area contributed by atoms with E-state index in [1.807, 2.05) is 0 Å². The van der Waals surface area contributed by atoms with Crippen molar-refractivity contribution in [3.8, 4) is 0 Å². The number of unbranched alkanes of at least 4 members (excludes halogenated alkanes) is 5. The van der Waals surface area contributed by atoms with Gasteiger partial charge in [-0.3, -0.25) is 4.79 Å². The Balaban J connectivity index is 0.984. The van der Waals surface area contributed by atoms with Crippen molar-refractivity contribution in [2.75, 3.05) is 0 Å². The van der Waals surface area contributed by atoms with Gasteiger partial charge in [0.25, 0.3) is 0 Å². The van der Waals surface area contributed by atoms with Gasteiger partial charge in [-0.05, 0) is 119 Å². The van der Waals surface area contributed by atoms with Crippen LogP contribution in [-0.2, 0) is 4.79 Å². The molecular formula is C37H64O. The Morgan fingerprint density at radius 1 is 0.500 bits per heavy atom. The lowest BCUT2D eigenvalue weighted by atomic mass is 9.42. The van der Waals surface area contributed by atoms with Crippen molar-refractivity contribution in [2.45, 2.75) is 181 Å². The van der Waals surface area contributed by atoms with Gasteiger partial charge in [-0.1, -0.05) is 97.3 Å². The maximum atomic E-state index is 13.8. The first kappa shape index (κ1) is 29.2. The zero-order valence-electron chi connectivity index (χ0n) is 25.8. The second-order valence-electron chi connectivity index (χ2n) is 15.6. The van der Waals surface area contributed by atoms with Crippen molar-refractivity contribution in [1.29, 1.82) is 0 Å². The molecule has 0 bridgehead atoms. The maximum absolute atomic E-state index is 13.8. The van der Waals surface area contributed by atoms with Crippen LogP contribution in [-0.4, -0.2) is 5.78 Å². The predicted molar refractivity (Wildman–Crippen MR) is 162 cm³/mol. The van der Waals surface area contributed by atoms with Crippen LogP contribution >= 0.6 is 0 Å². The average molecular weight is 525 g/mol. The smallest absolute Gasteiger partial charge is 0.145 e. The molecule has 1 heteroatoms. The Kier molecular flexibility index (Phi) is 10.4. The van der Waals surface area contributed by atoms with Crippen LogP contribution in [0.4, 0.5) is 0 Å². The van der Waals surface area contributed by atoms with Gasteiger partial charge < -0.3 is 0 Å². The monoisotopic (exact) mass is 524 g/mol. The highest BCUT2D eigenvalue weighted by molar-refractivity contribution is 5.96. The van der Waals surface area contributed by atoms with E-state index in [1.54, 1.807) is 0 Å². The van der Waals surface area contributed by atoms with Crippen LogP contribution in [0.25, 0.3) is 0 Å². The van der Waals surface area contributed by atoms with Crippen LogP contribution in [0.3, 0.4) is 0 Å². The van der Waals surface area contributed by atoms with Crippen LogP contribution in [0.5, 0.6) is 0 Å². The van der Waals surface area contributed by atoms with Crippen molar-refractivity contribution in [1.82, 2.24) is 0 Å². The number of Topliss-reactive ketones (excluding diaryl/α,β-unsaturated/α-hetero) is 1. The summed E-state index contributed by atoms with van der Waals surface area (Å²) in [6.45, 7) is 4.67. The summed E-state index contributed by atoms with van der Waals surface area (Å²) in [7, 11) is 0. The van der Waals surface area contributed by atoms with Crippen LogP contribution in [0.15, 0.2) is 0 Å². The summed E-state index contributed by atoms with van der Waals surface area (Å²) in [5.74, 6) is 6.67. The lowest BCUT2D eigenvalue weighted by Crippen LogP contribution is -2.60. The van der Waals surface area contributed by atoms with Gasteiger partial charge in [0, 0.05) is 10.8 Å². The fraction of sp³-hybridized carbons (Fsp3) is 0.973. The van der Waals surface area contributed by atoms with Gasteiger partial charge in [0.15, 0.2) is 0 Å². The van der Waals surface area contributed by atoms with Crippen molar-refractivity contribution in [3.63, 3.8) is 0 Å². The molecule has 5 aliphatic rings. The van der Waals surface area contributed by atoms with E-state index in [-0.39, 0.29) is 10.8 Å². The van der Waals surface area contributed by atoms with Gasteiger partial charge in [-0.25, -0.2) is 0 Å². The van der Waals surface area contributed by atoms with E-state index in [9.17, 15) is 4.79 Å². The Morgan fingerprint density at radius 2 is 0.921 bits per heavy atom. The number of carbonyl (C=O) groups excluding carboxylic acids is 1. The topological polar surface area (TPSA) is 17.1 Å². The second-order valence-corrected chi connectivity index (χ2v) is 15.6. The lowest BCUT2D eigenvalue weighted by molar-refractivity contribution is -0.170. The zero-order valence-corrected chi connectivity index (χ0v) is 25.8. The van der Waals surface area contributed by atoms with Gasteiger partial charge in [-0.2, -0.15) is 0 Å². The largest absolute Gasteiger partial charge is 0.298 e. The number of carbonyl (C=O) groups is 1. The van der Waals surface area contributed by atoms with Crippen molar-refractivity contribution >= 4 is 5.78 Å². The van der Waals surface area contributed by atoms with E-state index in [4.69, 9.17) is 0 Å². The van der Waals surface area contributed by atoms with E-state index in [1.165, 1.54) is 167 Å². The summed E-state index contributed by atoms with van der Waals surface area (Å²) in [5.41, 5.74) is 0.272. The Labute approximate surface area is 237 Å². The molecule has 5 saturated carbocycles. The van der Waals surface area contributed by atoms with Gasteiger partial charge in [0.1, 0.15) is 5.78 Å². The summed E-state index contributed by atoms with van der Waals surface area (Å²) in [6, 6.07) is 0. The normalized spacial score (nSPS) is 41.9. The average Bonchev–Trinajstić information content (AvgIpc) is 2.96. The molecule has 0 aromatic carbocycles. The molecule has 5 fully saturated rings. The SMILES string of the molecule is CCCCCCCCC1CCC([C@H]2CC[C@]3(CC2)C[C@@]2(CCC(C4CCC(CCC)CC4)CC2)C3=O)CC1. The first-order valence-corrected chi connectivity index (χ1v) is 18.1. The third-order valence-electron chi connectivity index (χ3n) is 13.4. The lowest BCUT2D eigenvalue weighted by Gasteiger charge is -2.60. The second kappa shape index (κ2) is 13.6. The minimum absolute atomic E-state index is 0.135. The Morgan fingerprint density at radius 3 is 1.37 bits per heavy atom. The Bertz CT molecular complexity index is 705. The molecule has 0 saturated heterocycles. The van der Waals surface area contributed by atoms with Crippen LogP contribution < -0.4 is 0 Å². The minimum atomic E-state index is 0.135. The van der Waals surface area contributed by atoms with Crippen LogP contribution in [0.1, 0.15) is 181 Å². The molecule has 0 N–H and O–H groups in total. The first-order chi connectivity index (χ1) is 18.6. The van der Waals surface area contributed by atoms with Gasteiger partial charge in [0.05, 0.1) is 0 Å². The highest BCUT2D eigenvalue weighted by Gasteiger charge is 2.63. The van der Waals surface area contributed by atoms with Gasteiger partial charge in [-0.15, -0.1) is 0 Å². The minimum Gasteiger partial charge on any atom is -0.298 e. The quantitative estimate of drug-likeness (QED) is 0.246. The van der Waals surface area contributed by atoms with E-state index in [2.05, 4.69) is 13.8 Å². The molecule has 5 aliphatic carbocycles. The van der Waals surface area contributed by atoms with E-state index in [0.29, 0.717) is 0 Å². The molecule has 5 rings (SSSR count). The van der Waals surface area contributed by atoms with Gasteiger partial charge >= 0.3 is 0 Å². The first-order valence-electron chi connectivity index (χ1n) is 18.1. The third-order valence-corrected chi connectivity index (χ3v) is 13.4. The molecule has 0 aliphatic heterocycles. The molecule has 0 unspecified atom stereocenters. The zero-order chi connectivity index (χ0) is 26.4. The molecule has 38 heavy (non-hydrogen) atoms. The fourth-order valence-electron chi connectivity index (χ4n) is 10.9. The van der Waals surface area contributed by atoms with Crippen LogP contribution in [0, 0.1) is 46.3 Å². The molecule has 0 amide bonds. The van der Waals surface area contributed by atoms with E-state index >= 15 is 0 Å². The molecular weight excluding hydrogens is 460 g/mol. The molecule has 0 aromatic rings. The fourth-order valence-corrected chi connectivity index (χ4v) is 10.9. The van der Waals surface area contributed by atoms with E-state index < -0.39 is 0 Å². The summed E-state index contributed by atoms with van der Waals surface area (Å²) in [5, 5.41) is 0. The number of rotatable bonds is 11. The maximum Gasteiger partial charge on any atom is 0.145 e. The number of hydrogen-bond acceptors (Lipinski definition) is 1. The highest BCUT2D eigenvalue weighted by Crippen LogP contribution is 2.65. The van der Waals surface area contributed by atoms with Crippen LogP contribution in [0.2, 0.25) is 0 Å². The number of ketones is 1. The molecule has 0 atom stereocenters. The third kappa shape index (κ3) is 6.59. The molecule has 1 nitrogen and oxygen atoms in total. The van der Waals surface area contributed by atoms with Gasteiger partial charge in [0.2, 0.25) is 0 Å². The Hall–Kier alpha value is -0.330. The highest BCUT2D eigenvalue weighted by atomic mass is 16.1.